The highest BCUT2D eigenvalue weighted by atomic mass is 19.1. The van der Waals surface area contributed by atoms with Crippen molar-refractivity contribution in [3.05, 3.63) is 29.6 Å². The Morgan fingerprint density at radius 2 is 2.11 bits per heavy atom. The van der Waals surface area contributed by atoms with Crippen LogP contribution in [0.25, 0.3) is 0 Å². The summed E-state index contributed by atoms with van der Waals surface area (Å²) in [5, 5.41) is 12.3. The van der Waals surface area contributed by atoms with E-state index in [2.05, 4.69) is 5.32 Å². The smallest absolute Gasteiger partial charge is 0.224 e. The van der Waals surface area contributed by atoms with Crippen molar-refractivity contribution < 1.29 is 14.3 Å². The quantitative estimate of drug-likeness (QED) is 0.854. The largest absolute Gasteiger partial charge is 0.389 e. The standard InChI is InChI=1S/C14H21FN2O2/c1-9(14(19)16-3)8-17(4)13-6-5-11(15)7-12(13)10(2)18/h5-7,9-10,18H,8H2,1-4H3,(H,16,19)/t9?,10-/m1/s1. The van der Waals surface area contributed by atoms with Gasteiger partial charge in [-0.25, -0.2) is 4.39 Å². The molecule has 106 valence electrons. The van der Waals surface area contributed by atoms with E-state index in [9.17, 15) is 14.3 Å². The van der Waals surface area contributed by atoms with Gasteiger partial charge in [-0.15, -0.1) is 0 Å². The van der Waals surface area contributed by atoms with Crippen molar-refractivity contribution in [3.63, 3.8) is 0 Å². The minimum Gasteiger partial charge on any atom is -0.389 e. The molecule has 1 rings (SSSR count). The lowest BCUT2D eigenvalue weighted by atomic mass is 10.1. The summed E-state index contributed by atoms with van der Waals surface area (Å²) < 4.78 is 13.2. The zero-order valence-corrected chi connectivity index (χ0v) is 11.8. The van der Waals surface area contributed by atoms with Crippen molar-refractivity contribution in [2.45, 2.75) is 20.0 Å². The summed E-state index contributed by atoms with van der Waals surface area (Å²) in [6.45, 7) is 3.90. The van der Waals surface area contributed by atoms with Crippen LogP contribution in [0.15, 0.2) is 18.2 Å². The summed E-state index contributed by atoms with van der Waals surface area (Å²) in [7, 11) is 3.41. The van der Waals surface area contributed by atoms with Crippen molar-refractivity contribution in [3.8, 4) is 0 Å². The third-order valence-electron chi connectivity index (χ3n) is 3.09. The van der Waals surface area contributed by atoms with Crippen LogP contribution >= 0.6 is 0 Å². The molecule has 2 atom stereocenters. The van der Waals surface area contributed by atoms with Gasteiger partial charge in [-0.1, -0.05) is 6.92 Å². The summed E-state index contributed by atoms with van der Waals surface area (Å²) in [5.41, 5.74) is 1.25. The highest BCUT2D eigenvalue weighted by Gasteiger charge is 2.17. The highest BCUT2D eigenvalue weighted by molar-refractivity contribution is 5.78. The Labute approximate surface area is 113 Å². The molecule has 0 aliphatic rings. The molecule has 0 radical (unpaired) electrons. The molecular formula is C14H21FN2O2. The molecule has 0 heterocycles. The van der Waals surface area contributed by atoms with E-state index in [-0.39, 0.29) is 17.6 Å². The number of amides is 1. The predicted octanol–water partition coefficient (Wildman–Crippen LogP) is 1.70. The van der Waals surface area contributed by atoms with E-state index in [0.717, 1.165) is 5.69 Å². The Kier molecular flexibility index (Phi) is 5.30. The van der Waals surface area contributed by atoms with E-state index in [4.69, 9.17) is 0 Å². The van der Waals surface area contributed by atoms with Gasteiger partial charge in [0.2, 0.25) is 5.91 Å². The number of aliphatic hydroxyl groups excluding tert-OH is 1. The number of carbonyl (C=O) groups excluding carboxylic acids is 1. The Balaban J connectivity index is 2.93. The number of nitrogens with zero attached hydrogens (tertiary/aromatic N) is 1. The molecule has 0 saturated carbocycles. The van der Waals surface area contributed by atoms with Crippen LogP contribution in [-0.2, 0) is 4.79 Å². The number of carbonyl (C=O) groups is 1. The van der Waals surface area contributed by atoms with Gasteiger partial charge in [0.05, 0.1) is 12.0 Å². The normalized spacial score (nSPS) is 13.8. The fraction of sp³-hybridized carbons (Fsp3) is 0.500. The van der Waals surface area contributed by atoms with Gasteiger partial charge >= 0.3 is 0 Å². The van der Waals surface area contributed by atoms with Crippen molar-refractivity contribution >= 4 is 11.6 Å². The van der Waals surface area contributed by atoms with Crippen LogP contribution in [0.3, 0.4) is 0 Å². The van der Waals surface area contributed by atoms with Gasteiger partial charge in [-0.2, -0.15) is 0 Å². The van der Waals surface area contributed by atoms with Gasteiger partial charge < -0.3 is 15.3 Å². The molecule has 1 aromatic rings. The zero-order chi connectivity index (χ0) is 14.6. The monoisotopic (exact) mass is 268 g/mol. The van der Waals surface area contributed by atoms with Gasteiger partial charge in [0, 0.05) is 31.9 Å². The van der Waals surface area contributed by atoms with Gasteiger partial charge in [0.15, 0.2) is 0 Å². The molecule has 0 fully saturated rings. The number of benzene rings is 1. The minimum absolute atomic E-state index is 0.0486. The number of anilines is 1. The second-order valence-electron chi connectivity index (χ2n) is 4.77. The summed E-state index contributed by atoms with van der Waals surface area (Å²) in [6, 6.07) is 4.29. The van der Waals surface area contributed by atoms with Gasteiger partial charge in [-0.05, 0) is 25.1 Å². The third kappa shape index (κ3) is 3.92. The lowest BCUT2D eigenvalue weighted by Crippen LogP contribution is -2.34. The predicted molar refractivity (Wildman–Crippen MR) is 73.5 cm³/mol. The molecule has 5 heteroatoms. The first-order valence-electron chi connectivity index (χ1n) is 6.27. The SMILES string of the molecule is CNC(=O)C(C)CN(C)c1ccc(F)cc1[C@@H](C)O. The molecule has 4 nitrogen and oxygen atoms in total. The number of nitrogens with one attached hydrogen (secondary N) is 1. The highest BCUT2D eigenvalue weighted by Crippen LogP contribution is 2.27. The topological polar surface area (TPSA) is 52.6 Å². The number of halogens is 1. The van der Waals surface area contributed by atoms with Gasteiger partial charge in [0.25, 0.3) is 0 Å². The maximum absolute atomic E-state index is 13.2. The van der Waals surface area contributed by atoms with Crippen LogP contribution in [0.1, 0.15) is 25.5 Å². The Morgan fingerprint density at radius 1 is 1.47 bits per heavy atom. The second-order valence-corrected chi connectivity index (χ2v) is 4.77. The summed E-state index contributed by atoms with van der Waals surface area (Å²) in [6.07, 6.45) is -0.761. The molecule has 1 unspecified atom stereocenters. The van der Waals surface area contributed by atoms with Crippen LogP contribution in [0.2, 0.25) is 0 Å². The first-order valence-corrected chi connectivity index (χ1v) is 6.27. The molecule has 1 amide bonds. The third-order valence-corrected chi connectivity index (χ3v) is 3.09. The van der Waals surface area contributed by atoms with E-state index < -0.39 is 6.10 Å². The molecule has 1 aromatic carbocycles. The average Bonchev–Trinajstić information content (AvgIpc) is 2.37. The van der Waals surface area contributed by atoms with Gasteiger partial charge in [-0.3, -0.25) is 4.79 Å². The first kappa shape index (κ1) is 15.4. The summed E-state index contributed by atoms with van der Waals surface area (Å²) in [4.78, 5) is 13.4. The van der Waals surface area contributed by atoms with Crippen molar-refractivity contribution in [1.29, 1.82) is 0 Å². The Morgan fingerprint density at radius 3 is 2.63 bits per heavy atom. The fourth-order valence-electron chi connectivity index (χ4n) is 2.05. The maximum atomic E-state index is 13.2. The molecule has 0 aliphatic heterocycles. The number of hydrogen-bond acceptors (Lipinski definition) is 3. The van der Waals surface area contributed by atoms with Crippen LogP contribution in [0.5, 0.6) is 0 Å². The van der Waals surface area contributed by atoms with Crippen LogP contribution in [0, 0.1) is 11.7 Å². The maximum Gasteiger partial charge on any atom is 0.224 e. The molecule has 0 aliphatic carbocycles. The molecule has 0 bridgehead atoms. The van der Waals surface area contributed by atoms with Crippen molar-refractivity contribution in [1.82, 2.24) is 5.32 Å². The fourth-order valence-corrected chi connectivity index (χ4v) is 2.05. The molecule has 2 N–H and O–H groups in total. The molecule has 0 aromatic heterocycles. The average molecular weight is 268 g/mol. The Bertz CT molecular complexity index is 449. The van der Waals surface area contributed by atoms with Crippen LogP contribution in [0.4, 0.5) is 10.1 Å². The molecule has 19 heavy (non-hydrogen) atoms. The number of aliphatic hydroxyl groups is 1. The van der Waals surface area contributed by atoms with Crippen LogP contribution in [-0.4, -0.2) is 31.7 Å². The van der Waals surface area contributed by atoms with Crippen LogP contribution < -0.4 is 10.2 Å². The summed E-state index contributed by atoms with van der Waals surface area (Å²) in [5.74, 6) is -0.623. The van der Waals surface area contributed by atoms with Crippen molar-refractivity contribution in [2.75, 3.05) is 25.5 Å². The molecular weight excluding hydrogens is 247 g/mol. The molecule has 0 saturated heterocycles. The number of rotatable bonds is 5. The molecule has 0 spiro atoms. The lowest BCUT2D eigenvalue weighted by molar-refractivity contribution is -0.123. The minimum atomic E-state index is -0.761. The lowest BCUT2D eigenvalue weighted by Gasteiger charge is -2.26. The summed E-state index contributed by atoms with van der Waals surface area (Å²) >= 11 is 0. The van der Waals surface area contributed by atoms with E-state index in [1.807, 2.05) is 18.9 Å². The van der Waals surface area contributed by atoms with E-state index >= 15 is 0 Å². The first-order chi connectivity index (χ1) is 8.86. The van der Waals surface area contributed by atoms with Crippen molar-refractivity contribution in [2.24, 2.45) is 5.92 Å². The Hall–Kier alpha value is -1.62. The van der Waals surface area contributed by atoms with E-state index in [0.29, 0.717) is 12.1 Å². The number of hydrogen-bond donors (Lipinski definition) is 2. The zero-order valence-electron chi connectivity index (χ0n) is 11.8. The van der Waals surface area contributed by atoms with E-state index in [1.54, 1.807) is 20.0 Å². The second kappa shape index (κ2) is 6.52. The van der Waals surface area contributed by atoms with E-state index in [1.165, 1.54) is 12.1 Å². The van der Waals surface area contributed by atoms with Gasteiger partial charge in [0.1, 0.15) is 5.82 Å².